The normalized spacial score (nSPS) is 10.4. The van der Waals surface area contributed by atoms with Crippen molar-refractivity contribution in [1.82, 2.24) is 5.32 Å². The van der Waals surface area contributed by atoms with E-state index < -0.39 is 0 Å². The molecule has 0 bridgehead atoms. The molecule has 0 amide bonds. The van der Waals surface area contributed by atoms with Gasteiger partial charge in [0.1, 0.15) is 0 Å². The van der Waals surface area contributed by atoms with Crippen LogP contribution in [0.15, 0.2) is 6.08 Å². The van der Waals surface area contributed by atoms with E-state index >= 15 is 0 Å². The van der Waals surface area contributed by atoms with Crippen LogP contribution >= 0.6 is 0 Å². The van der Waals surface area contributed by atoms with Crippen LogP contribution in [0.2, 0.25) is 0 Å². The Hall–Kier alpha value is -0.460. The van der Waals surface area contributed by atoms with E-state index in [2.05, 4.69) is 31.4 Å². The minimum absolute atomic E-state index is 1.04. The van der Waals surface area contributed by atoms with Gasteiger partial charge in [0, 0.05) is 6.54 Å². The number of hydrogen-bond acceptors (Lipinski definition) is 1. The van der Waals surface area contributed by atoms with Crippen LogP contribution in [0.5, 0.6) is 0 Å². The van der Waals surface area contributed by atoms with Crippen molar-refractivity contribution in [1.29, 1.82) is 0 Å². The Bertz CT molecular complexity index is 67.0. The molecule has 0 spiro atoms. The van der Waals surface area contributed by atoms with Gasteiger partial charge < -0.3 is 5.32 Å². The molecule has 1 nitrogen and oxygen atoms in total. The number of unbranched alkanes of at least 4 members (excludes halogenated alkanes) is 1. The summed E-state index contributed by atoms with van der Waals surface area (Å²) in [6.45, 7) is 5.35. The molecule has 53 valence electrons. The van der Waals surface area contributed by atoms with Crippen molar-refractivity contribution < 1.29 is 0 Å². The topological polar surface area (TPSA) is 12.0 Å². The lowest BCUT2D eigenvalue weighted by Gasteiger charge is -1.92. The average molecular weight is 126 g/mol. The zero-order valence-corrected chi connectivity index (χ0v) is 6.41. The summed E-state index contributed by atoms with van der Waals surface area (Å²) < 4.78 is 0. The second-order valence-corrected chi connectivity index (χ2v) is 2.06. The molecule has 0 heterocycles. The third-order valence-corrected chi connectivity index (χ3v) is 1.01. The van der Waals surface area contributed by atoms with Gasteiger partial charge >= 0.3 is 0 Å². The SMILES string of the molecule is CCC/C=[C]\NCCC. The molecule has 0 atom stereocenters. The van der Waals surface area contributed by atoms with E-state index in [-0.39, 0.29) is 0 Å². The zero-order chi connectivity index (χ0) is 6.95. The standard InChI is InChI=1S/C8H16N/c1-3-5-6-8-9-7-4-2/h6,9H,3-5,7H2,1-2H3. The summed E-state index contributed by atoms with van der Waals surface area (Å²) >= 11 is 0. The van der Waals surface area contributed by atoms with Crippen LogP contribution in [0.3, 0.4) is 0 Å². The van der Waals surface area contributed by atoms with Crippen molar-refractivity contribution in [3.05, 3.63) is 12.3 Å². The summed E-state index contributed by atoms with van der Waals surface area (Å²) in [5.74, 6) is 0. The lowest BCUT2D eigenvalue weighted by molar-refractivity contribution is 0.786. The summed E-state index contributed by atoms with van der Waals surface area (Å²) in [6.07, 6.45) is 8.58. The van der Waals surface area contributed by atoms with Gasteiger partial charge in [-0.3, -0.25) is 0 Å². The number of rotatable bonds is 5. The summed E-state index contributed by atoms with van der Waals surface area (Å²) in [5.41, 5.74) is 0. The maximum absolute atomic E-state index is 3.06. The number of hydrogen-bond donors (Lipinski definition) is 1. The Balaban J connectivity index is 2.86. The van der Waals surface area contributed by atoms with Crippen molar-refractivity contribution in [2.45, 2.75) is 33.1 Å². The summed E-state index contributed by atoms with van der Waals surface area (Å²) in [4.78, 5) is 0. The fourth-order valence-corrected chi connectivity index (χ4v) is 0.486. The van der Waals surface area contributed by atoms with Crippen LogP contribution in [0, 0.1) is 6.20 Å². The molecule has 0 aromatic heterocycles. The molecule has 1 radical (unpaired) electrons. The Kier molecular flexibility index (Phi) is 7.15. The monoisotopic (exact) mass is 126 g/mol. The molecule has 1 heteroatoms. The first kappa shape index (κ1) is 8.54. The van der Waals surface area contributed by atoms with Gasteiger partial charge in [-0.15, -0.1) is 0 Å². The van der Waals surface area contributed by atoms with E-state index in [1.165, 1.54) is 12.8 Å². The second-order valence-electron chi connectivity index (χ2n) is 2.06. The highest BCUT2D eigenvalue weighted by Gasteiger charge is 1.74. The van der Waals surface area contributed by atoms with Crippen molar-refractivity contribution in [2.75, 3.05) is 6.54 Å². The third kappa shape index (κ3) is 7.54. The molecule has 0 aliphatic carbocycles. The number of allylic oxidation sites excluding steroid dienone is 1. The van der Waals surface area contributed by atoms with E-state index in [9.17, 15) is 0 Å². The van der Waals surface area contributed by atoms with Crippen molar-refractivity contribution in [3.8, 4) is 0 Å². The van der Waals surface area contributed by atoms with Gasteiger partial charge in [-0.05, 0) is 12.8 Å². The maximum Gasteiger partial charge on any atom is 0.0532 e. The molecule has 9 heavy (non-hydrogen) atoms. The maximum atomic E-state index is 3.06. The van der Waals surface area contributed by atoms with Crippen molar-refractivity contribution in [3.63, 3.8) is 0 Å². The van der Waals surface area contributed by atoms with Gasteiger partial charge in [0.15, 0.2) is 0 Å². The first-order valence-electron chi connectivity index (χ1n) is 3.71. The van der Waals surface area contributed by atoms with Crippen LogP contribution in [-0.4, -0.2) is 6.54 Å². The molecule has 0 aromatic rings. The fourth-order valence-electron chi connectivity index (χ4n) is 0.486. The third-order valence-electron chi connectivity index (χ3n) is 1.01. The van der Waals surface area contributed by atoms with Crippen LogP contribution < -0.4 is 5.32 Å². The zero-order valence-electron chi connectivity index (χ0n) is 6.41. The largest absolute Gasteiger partial charge is 0.384 e. The summed E-state index contributed by atoms with van der Waals surface area (Å²) in [7, 11) is 0. The smallest absolute Gasteiger partial charge is 0.0532 e. The molecule has 0 saturated heterocycles. The van der Waals surface area contributed by atoms with E-state index in [1.54, 1.807) is 0 Å². The van der Waals surface area contributed by atoms with Crippen LogP contribution in [0.25, 0.3) is 0 Å². The highest BCUT2D eigenvalue weighted by molar-refractivity contribution is 4.70. The van der Waals surface area contributed by atoms with Gasteiger partial charge in [-0.25, -0.2) is 0 Å². The minimum Gasteiger partial charge on any atom is -0.384 e. The summed E-state index contributed by atoms with van der Waals surface area (Å²) in [6, 6.07) is 0. The molecule has 0 aliphatic heterocycles. The van der Waals surface area contributed by atoms with Gasteiger partial charge in [0.05, 0.1) is 6.20 Å². The lowest BCUT2D eigenvalue weighted by Crippen LogP contribution is -2.05. The molecule has 0 aliphatic rings. The Labute approximate surface area is 58.2 Å². The highest BCUT2D eigenvalue weighted by Crippen LogP contribution is 1.85. The molecule has 0 aromatic carbocycles. The molecule has 1 N–H and O–H groups in total. The second kappa shape index (κ2) is 7.54. The van der Waals surface area contributed by atoms with Crippen molar-refractivity contribution in [2.24, 2.45) is 0 Å². The molecular weight excluding hydrogens is 110 g/mol. The van der Waals surface area contributed by atoms with Crippen molar-refractivity contribution >= 4 is 0 Å². The first-order valence-corrected chi connectivity index (χ1v) is 3.71. The Morgan fingerprint density at radius 2 is 2.11 bits per heavy atom. The highest BCUT2D eigenvalue weighted by atomic mass is 14.8. The predicted molar refractivity (Wildman–Crippen MR) is 41.0 cm³/mol. The molecular formula is C8H16N. The molecule has 0 rings (SSSR count). The van der Waals surface area contributed by atoms with Gasteiger partial charge in [-0.2, -0.15) is 0 Å². The van der Waals surface area contributed by atoms with Gasteiger partial charge in [-0.1, -0.05) is 26.3 Å². The first-order chi connectivity index (χ1) is 4.41. The van der Waals surface area contributed by atoms with E-state index in [0.717, 1.165) is 13.0 Å². The Morgan fingerprint density at radius 3 is 2.67 bits per heavy atom. The van der Waals surface area contributed by atoms with E-state index in [4.69, 9.17) is 0 Å². The molecule has 0 saturated carbocycles. The predicted octanol–water partition coefficient (Wildman–Crippen LogP) is 2.10. The van der Waals surface area contributed by atoms with E-state index in [0.29, 0.717) is 0 Å². The van der Waals surface area contributed by atoms with E-state index in [1.807, 2.05) is 0 Å². The number of nitrogens with one attached hydrogen (secondary N) is 1. The molecule has 0 fully saturated rings. The fraction of sp³-hybridized carbons (Fsp3) is 0.750. The quantitative estimate of drug-likeness (QED) is 0.439. The minimum atomic E-state index is 1.04. The molecule has 0 unspecified atom stereocenters. The lowest BCUT2D eigenvalue weighted by atomic mass is 10.3. The van der Waals surface area contributed by atoms with Crippen LogP contribution in [0.1, 0.15) is 33.1 Å². The van der Waals surface area contributed by atoms with Gasteiger partial charge in [0.25, 0.3) is 0 Å². The van der Waals surface area contributed by atoms with Gasteiger partial charge in [0.2, 0.25) is 0 Å². The summed E-state index contributed by atoms with van der Waals surface area (Å²) in [5, 5.41) is 3.06. The Morgan fingerprint density at radius 1 is 1.33 bits per heavy atom. The average Bonchev–Trinajstić information content (AvgIpc) is 1.89. The van der Waals surface area contributed by atoms with Crippen LogP contribution in [-0.2, 0) is 0 Å². The van der Waals surface area contributed by atoms with Crippen LogP contribution in [0.4, 0.5) is 0 Å².